The highest BCUT2D eigenvalue weighted by Gasteiger charge is 2.15. The van der Waals surface area contributed by atoms with Crippen LogP contribution < -0.4 is 5.32 Å². The van der Waals surface area contributed by atoms with Crippen molar-refractivity contribution in [2.45, 2.75) is 39.7 Å². The smallest absolute Gasteiger partial charge is 0.126 e. The molecule has 1 N–H and O–H groups in total. The SMILES string of the molecule is CCCNC(Cc1cc(Cl)ccc1F)C(C)C. The van der Waals surface area contributed by atoms with E-state index in [4.69, 9.17) is 11.6 Å². The molecule has 1 aromatic rings. The predicted octanol–water partition coefficient (Wildman–Crippen LogP) is 4.05. The van der Waals surface area contributed by atoms with E-state index in [9.17, 15) is 4.39 Å². The molecule has 0 saturated heterocycles. The van der Waals surface area contributed by atoms with E-state index in [1.165, 1.54) is 6.07 Å². The first kappa shape index (κ1) is 14.5. The second-order valence-electron chi connectivity index (χ2n) is 4.74. The first-order valence-corrected chi connectivity index (χ1v) is 6.59. The van der Waals surface area contributed by atoms with Crippen LogP contribution in [0.4, 0.5) is 4.39 Å². The topological polar surface area (TPSA) is 12.0 Å². The zero-order chi connectivity index (χ0) is 12.8. The van der Waals surface area contributed by atoms with Crippen LogP contribution in [-0.4, -0.2) is 12.6 Å². The van der Waals surface area contributed by atoms with Crippen molar-refractivity contribution in [3.63, 3.8) is 0 Å². The minimum absolute atomic E-state index is 0.168. The van der Waals surface area contributed by atoms with E-state index in [-0.39, 0.29) is 5.82 Å². The third-order valence-corrected chi connectivity index (χ3v) is 3.14. The van der Waals surface area contributed by atoms with Crippen LogP contribution in [0.2, 0.25) is 5.02 Å². The summed E-state index contributed by atoms with van der Waals surface area (Å²) in [5.41, 5.74) is 0.694. The van der Waals surface area contributed by atoms with Crippen LogP contribution in [0.25, 0.3) is 0 Å². The Kier molecular flexibility index (Phi) is 5.93. The zero-order valence-corrected chi connectivity index (χ0v) is 11.5. The molecule has 0 fully saturated rings. The van der Waals surface area contributed by atoms with E-state index in [0.29, 0.717) is 29.0 Å². The fourth-order valence-corrected chi connectivity index (χ4v) is 2.00. The minimum Gasteiger partial charge on any atom is -0.313 e. The summed E-state index contributed by atoms with van der Waals surface area (Å²) in [7, 11) is 0. The molecule has 1 rings (SSSR count). The Balaban J connectivity index is 2.74. The van der Waals surface area contributed by atoms with E-state index in [2.05, 4.69) is 26.1 Å². The lowest BCUT2D eigenvalue weighted by molar-refractivity contribution is 0.392. The summed E-state index contributed by atoms with van der Waals surface area (Å²) in [5, 5.41) is 4.05. The zero-order valence-electron chi connectivity index (χ0n) is 10.8. The van der Waals surface area contributed by atoms with Gasteiger partial charge in [-0.2, -0.15) is 0 Å². The second kappa shape index (κ2) is 6.97. The first-order chi connectivity index (χ1) is 8.04. The Labute approximate surface area is 108 Å². The fraction of sp³-hybridized carbons (Fsp3) is 0.571. The van der Waals surface area contributed by atoms with E-state index in [1.807, 2.05) is 0 Å². The van der Waals surface area contributed by atoms with Crippen molar-refractivity contribution < 1.29 is 4.39 Å². The molecule has 0 radical (unpaired) electrons. The van der Waals surface area contributed by atoms with Gasteiger partial charge in [0.2, 0.25) is 0 Å². The summed E-state index contributed by atoms with van der Waals surface area (Å²) < 4.78 is 13.6. The molecule has 1 nitrogen and oxygen atoms in total. The van der Waals surface area contributed by atoms with Gasteiger partial charge in [-0.1, -0.05) is 32.4 Å². The quantitative estimate of drug-likeness (QED) is 0.811. The Hall–Kier alpha value is -0.600. The maximum Gasteiger partial charge on any atom is 0.126 e. The number of nitrogens with one attached hydrogen (secondary N) is 1. The Morgan fingerprint density at radius 1 is 1.35 bits per heavy atom. The molecule has 0 aliphatic carbocycles. The molecule has 1 unspecified atom stereocenters. The van der Waals surface area contributed by atoms with Crippen molar-refractivity contribution in [2.75, 3.05) is 6.54 Å². The third-order valence-electron chi connectivity index (χ3n) is 2.91. The molecule has 0 aromatic heterocycles. The predicted molar refractivity (Wildman–Crippen MR) is 72.0 cm³/mol. The molecule has 0 aliphatic rings. The van der Waals surface area contributed by atoms with Gasteiger partial charge in [0.05, 0.1) is 0 Å². The number of benzene rings is 1. The number of hydrogen-bond donors (Lipinski definition) is 1. The lowest BCUT2D eigenvalue weighted by Gasteiger charge is -2.22. The molecule has 1 atom stereocenters. The van der Waals surface area contributed by atoms with Crippen molar-refractivity contribution in [3.8, 4) is 0 Å². The van der Waals surface area contributed by atoms with Crippen molar-refractivity contribution in [2.24, 2.45) is 5.92 Å². The van der Waals surface area contributed by atoms with Crippen molar-refractivity contribution in [1.82, 2.24) is 5.32 Å². The summed E-state index contributed by atoms with van der Waals surface area (Å²) in [6.07, 6.45) is 1.77. The summed E-state index contributed by atoms with van der Waals surface area (Å²) in [4.78, 5) is 0. The molecular weight excluding hydrogens is 237 g/mol. The summed E-state index contributed by atoms with van der Waals surface area (Å²) in [5.74, 6) is 0.304. The van der Waals surface area contributed by atoms with Crippen LogP contribution in [0.15, 0.2) is 18.2 Å². The van der Waals surface area contributed by atoms with Gasteiger partial charge in [0.25, 0.3) is 0 Å². The largest absolute Gasteiger partial charge is 0.313 e. The minimum atomic E-state index is -0.168. The molecule has 1 aromatic carbocycles. The number of rotatable bonds is 6. The average Bonchev–Trinajstić information content (AvgIpc) is 2.28. The van der Waals surface area contributed by atoms with E-state index < -0.39 is 0 Å². The van der Waals surface area contributed by atoms with Gasteiger partial charge >= 0.3 is 0 Å². The number of hydrogen-bond acceptors (Lipinski definition) is 1. The molecule has 0 spiro atoms. The van der Waals surface area contributed by atoms with Gasteiger partial charge in [0.1, 0.15) is 5.82 Å². The van der Waals surface area contributed by atoms with Crippen LogP contribution in [-0.2, 0) is 6.42 Å². The highest BCUT2D eigenvalue weighted by atomic mass is 35.5. The molecule has 17 heavy (non-hydrogen) atoms. The Morgan fingerprint density at radius 2 is 2.06 bits per heavy atom. The molecule has 0 saturated carbocycles. The average molecular weight is 258 g/mol. The van der Waals surface area contributed by atoms with Gasteiger partial charge in [-0.3, -0.25) is 0 Å². The highest BCUT2D eigenvalue weighted by Crippen LogP contribution is 2.18. The summed E-state index contributed by atoms with van der Waals surface area (Å²) in [6, 6.07) is 5.04. The second-order valence-corrected chi connectivity index (χ2v) is 5.18. The summed E-state index contributed by atoms with van der Waals surface area (Å²) >= 11 is 5.90. The lowest BCUT2D eigenvalue weighted by atomic mass is 9.96. The van der Waals surface area contributed by atoms with Crippen molar-refractivity contribution in [3.05, 3.63) is 34.6 Å². The van der Waals surface area contributed by atoms with Crippen LogP contribution in [0.1, 0.15) is 32.8 Å². The molecular formula is C14H21ClFN. The van der Waals surface area contributed by atoms with Gasteiger partial charge < -0.3 is 5.32 Å². The van der Waals surface area contributed by atoms with E-state index in [0.717, 1.165) is 13.0 Å². The lowest BCUT2D eigenvalue weighted by Crippen LogP contribution is -2.36. The third kappa shape index (κ3) is 4.64. The molecule has 0 amide bonds. The van der Waals surface area contributed by atoms with Crippen molar-refractivity contribution in [1.29, 1.82) is 0 Å². The molecule has 0 bridgehead atoms. The molecule has 0 heterocycles. The van der Waals surface area contributed by atoms with Gasteiger partial charge in [0, 0.05) is 11.1 Å². The van der Waals surface area contributed by atoms with Crippen LogP contribution in [0, 0.1) is 11.7 Å². The maximum absolute atomic E-state index is 13.6. The van der Waals surface area contributed by atoms with Crippen LogP contribution in [0.3, 0.4) is 0 Å². The Bertz CT molecular complexity index is 352. The van der Waals surface area contributed by atoms with Crippen molar-refractivity contribution >= 4 is 11.6 Å². The molecule has 0 aliphatic heterocycles. The maximum atomic E-state index is 13.6. The van der Waals surface area contributed by atoms with Crippen LogP contribution in [0.5, 0.6) is 0 Å². The normalized spacial score (nSPS) is 13.1. The van der Waals surface area contributed by atoms with Crippen LogP contribution >= 0.6 is 11.6 Å². The fourth-order valence-electron chi connectivity index (χ4n) is 1.81. The van der Waals surface area contributed by atoms with Gasteiger partial charge in [-0.25, -0.2) is 4.39 Å². The standard InChI is InChI=1S/C14H21ClFN/c1-4-7-17-14(10(2)3)9-11-8-12(15)5-6-13(11)16/h5-6,8,10,14,17H,4,7,9H2,1-3H3. The van der Waals surface area contributed by atoms with Gasteiger partial charge in [-0.15, -0.1) is 0 Å². The molecule has 96 valence electrons. The first-order valence-electron chi connectivity index (χ1n) is 6.22. The Morgan fingerprint density at radius 3 is 2.65 bits per heavy atom. The van der Waals surface area contributed by atoms with E-state index >= 15 is 0 Å². The van der Waals surface area contributed by atoms with Gasteiger partial charge in [-0.05, 0) is 49.1 Å². The summed E-state index contributed by atoms with van der Waals surface area (Å²) in [6.45, 7) is 7.39. The van der Waals surface area contributed by atoms with Gasteiger partial charge in [0.15, 0.2) is 0 Å². The number of halogens is 2. The molecule has 3 heteroatoms. The monoisotopic (exact) mass is 257 g/mol. The highest BCUT2D eigenvalue weighted by molar-refractivity contribution is 6.30. The van der Waals surface area contributed by atoms with E-state index in [1.54, 1.807) is 12.1 Å².